The second-order valence-electron chi connectivity index (χ2n) is 5.75. The van der Waals surface area contributed by atoms with Gasteiger partial charge in [0.1, 0.15) is 6.10 Å². The van der Waals surface area contributed by atoms with Crippen molar-refractivity contribution in [2.75, 3.05) is 0 Å². The normalized spacial score (nSPS) is 13.9. The predicted molar refractivity (Wildman–Crippen MR) is 75.0 cm³/mol. The Labute approximate surface area is 112 Å². The van der Waals surface area contributed by atoms with Gasteiger partial charge in [0.25, 0.3) is 0 Å². The van der Waals surface area contributed by atoms with Crippen LogP contribution in [0.4, 0.5) is 0 Å². The van der Waals surface area contributed by atoms with Gasteiger partial charge >= 0.3 is 0 Å². The van der Waals surface area contributed by atoms with E-state index in [1.807, 2.05) is 24.7 Å². The number of thiophene rings is 1. The maximum Gasteiger partial charge on any atom is 0.108 e. The molecule has 0 aliphatic heterocycles. The molecule has 2 aromatic heterocycles. The SMILES string of the molecule is Cc1cc(C(O)c2cn(C)nc2C(C)(C)C)cs1. The van der Waals surface area contributed by atoms with E-state index in [1.165, 1.54) is 4.88 Å². The molecule has 0 aliphatic carbocycles. The van der Waals surface area contributed by atoms with E-state index in [2.05, 4.69) is 32.8 Å². The van der Waals surface area contributed by atoms with Gasteiger partial charge in [-0.1, -0.05) is 20.8 Å². The summed E-state index contributed by atoms with van der Waals surface area (Å²) in [7, 11) is 1.89. The Hall–Kier alpha value is -1.13. The first-order chi connectivity index (χ1) is 8.29. The zero-order chi connectivity index (χ0) is 13.5. The summed E-state index contributed by atoms with van der Waals surface area (Å²) in [6, 6.07) is 2.04. The number of nitrogens with zero attached hydrogens (tertiary/aromatic N) is 2. The molecule has 0 amide bonds. The highest BCUT2D eigenvalue weighted by Crippen LogP contribution is 2.33. The molecule has 0 radical (unpaired) electrons. The third kappa shape index (κ3) is 2.49. The topological polar surface area (TPSA) is 38.0 Å². The van der Waals surface area contributed by atoms with Crippen molar-refractivity contribution in [3.05, 3.63) is 39.3 Å². The molecule has 18 heavy (non-hydrogen) atoms. The first-order valence-corrected chi connectivity index (χ1v) is 6.94. The second kappa shape index (κ2) is 4.52. The number of aryl methyl sites for hydroxylation is 2. The van der Waals surface area contributed by atoms with E-state index in [-0.39, 0.29) is 5.41 Å². The minimum absolute atomic E-state index is 0.0668. The molecule has 0 bridgehead atoms. The number of hydrogen-bond acceptors (Lipinski definition) is 3. The van der Waals surface area contributed by atoms with Gasteiger partial charge in [-0.25, -0.2) is 0 Å². The first-order valence-electron chi connectivity index (χ1n) is 6.06. The molecule has 98 valence electrons. The van der Waals surface area contributed by atoms with Gasteiger partial charge in [-0.15, -0.1) is 11.3 Å². The first kappa shape index (κ1) is 13.3. The van der Waals surface area contributed by atoms with Crippen LogP contribution in [0.1, 0.15) is 48.6 Å². The van der Waals surface area contributed by atoms with E-state index in [1.54, 1.807) is 16.0 Å². The standard InChI is InChI=1S/C14H20N2OS/c1-9-6-10(8-18-9)12(17)11-7-16(5)15-13(11)14(2,3)4/h6-8,12,17H,1-5H3. The van der Waals surface area contributed by atoms with Crippen molar-refractivity contribution in [3.8, 4) is 0 Å². The number of aliphatic hydroxyl groups is 1. The van der Waals surface area contributed by atoms with Crippen molar-refractivity contribution >= 4 is 11.3 Å². The van der Waals surface area contributed by atoms with Crippen LogP contribution in [0, 0.1) is 6.92 Å². The quantitative estimate of drug-likeness (QED) is 0.904. The number of aliphatic hydroxyl groups excluding tert-OH is 1. The lowest BCUT2D eigenvalue weighted by atomic mass is 9.87. The molecular weight excluding hydrogens is 244 g/mol. The highest BCUT2D eigenvalue weighted by molar-refractivity contribution is 7.10. The Bertz CT molecular complexity index is 548. The van der Waals surface area contributed by atoms with Crippen LogP contribution in [0.3, 0.4) is 0 Å². The molecule has 2 aromatic rings. The summed E-state index contributed by atoms with van der Waals surface area (Å²) < 4.78 is 1.78. The van der Waals surface area contributed by atoms with E-state index in [9.17, 15) is 5.11 Å². The minimum Gasteiger partial charge on any atom is -0.383 e. The molecule has 0 saturated carbocycles. The molecule has 0 saturated heterocycles. The second-order valence-corrected chi connectivity index (χ2v) is 6.87. The molecule has 0 fully saturated rings. The lowest BCUT2D eigenvalue weighted by molar-refractivity contribution is 0.218. The molecule has 1 unspecified atom stereocenters. The monoisotopic (exact) mass is 264 g/mol. The molecule has 3 nitrogen and oxygen atoms in total. The van der Waals surface area contributed by atoms with Crippen LogP contribution >= 0.6 is 11.3 Å². The van der Waals surface area contributed by atoms with Crippen molar-refractivity contribution < 1.29 is 5.11 Å². The molecule has 0 aromatic carbocycles. The van der Waals surface area contributed by atoms with Gasteiger partial charge in [0.05, 0.1) is 5.69 Å². The smallest absolute Gasteiger partial charge is 0.108 e. The number of rotatable bonds is 2. The Balaban J connectivity index is 2.45. The van der Waals surface area contributed by atoms with E-state index in [0.29, 0.717) is 0 Å². The van der Waals surface area contributed by atoms with Crippen molar-refractivity contribution in [1.29, 1.82) is 0 Å². The molecular formula is C14H20N2OS. The average molecular weight is 264 g/mol. The number of aromatic nitrogens is 2. The Kier molecular flexibility index (Phi) is 3.34. The Morgan fingerprint density at radius 3 is 2.56 bits per heavy atom. The molecule has 0 aliphatic rings. The van der Waals surface area contributed by atoms with E-state index < -0.39 is 6.10 Å². The molecule has 2 rings (SSSR count). The maximum atomic E-state index is 10.5. The fourth-order valence-corrected chi connectivity index (χ4v) is 2.80. The lowest BCUT2D eigenvalue weighted by Gasteiger charge is -2.19. The van der Waals surface area contributed by atoms with Gasteiger partial charge in [-0.2, -0.15) is 5.10 Å². The highest BCUT2D eigenvalue weighted by Gasteiger charge is 2.26. The van der Waals surface area contributed by atoms with Gasteiger partial charge in [0.2, 0.25) is 0 Å². The van der Waals surface area contributed by atoms with Crippen LogP contribution < -0.4 is 0 Å². The Morgan fingerprint density at radius 1 is 1.39 bits per heavy atom. The summed E-state index contributed by atoms with van der Waals surface area (Å²) in [6.07, 6.45) is 1.33. The summed E-state index contributed by atoms with van der Waals surface area (Å²) in [5.41, 5.74) is 2.75. The highest BCUT2D eigenvalue weighted by atomic mass is 32.1. The molecule has 0 spiro atoms. The van der Waals surface area contributed by atoms with Crippen LogP contribution in [0.25, 0.3) is 0 Å². The molecule has 2 heterocycles. The van der Waals surface area contributed by atoms with Gasteiger partial charge in [-0.3, -0.25) is 4.68 Å². The average Bonchev–Trinajstić information content (AvgIpc) is 2.82. The van der Waals surface area contributed by atoms with Crippen molar-refractivity contribution in [2.45, 2.75) is 39.2 Å². The summed E-state index contributed by atoms with van der Waals surface area (Å²) in [5, 5.41) is 17.0. The minimum atomic E-state index is -0.585. The van der Waals surface area contributed by atoms with Gasteiger partial charge < -0.3 is 5.11 Å². The summed E-state index contributed by atoms with van der Waals surface area (Å²) in [5.74, 6) is 0. The van der Waals surface area contributed by atoms with Gasteiger partial charge in [0, 0.05) is 29.1 Å². The molecule has 1 atom stereocenters. The fraction of sp³-hybridized carbons (Fsp3) is 0.500. The lowest BCUT2D eigenvalue weighted by Crippen LogP contribution is -2.16. The zero-order valence-corrected chi connectivity index (χ0v) is 12.4. The van der Waals surface area contributed by atoms with Crippen LogP contribution in [0.15, 0.2) is 17.6 Å². The summed E-state index contributed by atoms with van der Waals surface area (Å²) in [4.78, 5) is 1.21. The third-order valence-electron chi connectivity index (χ3n) is 2.93. The van der Waals surface area contributed by atoms with Gasteiger partial charge in [0.15, 0.2) is 0 Å². The van der Waals surface area contributed by atoms with Crippen LogP contribution in [0.2, 0.25) is 0 Å². The summed E-state index contributed by atoms with van der Waals surface area (Å²) >= 11 is 1.66. The molecule has 1 N–H and O–H groups in total. The largest absolute Gasteiger partial charge is 0.383 e. The fourth-order valence-electron chi connectivity index (χ4n) is 2.08. The number of hydrogen-bond donors (Lipinski definition) is 1. The third-order valence-corrected chi connectivity index (χ3v) is 3.81. The van der Waals surface area contributed by atoms with E-state index in [4.69, 9.17) is 0 Å². The van der Waals surface area contributed by atoms with Crippen LogP contribution in [-0.2, 0) is 12.5 Å². The molecule has 4 heteroatoms. The van der Waals surface area contributed by atoms with Crippen LogP contribution in [-0.4, -0.2) is 14.9 Å². The van der Waals surface area contributed by atoms with E-state index in [0.717, 1.165) is 16.8 Å². The van der Waals surface area contributed by atoms with Crippen molar-refractivity contribution in [3.63, 3.8) is 0 Å². The Morgan fingerprint density at radius 2 is 2.06 bits per heavy atom. The van der Waals surface area contributed by atoms with Crippen molar-refractivity contribution in [1.82, 2.24) is 9.78 Å². The summed E-state index contributed by atoms with van der Waals surface area (Å²) in [6.45, 7) is 8.40. The van der Waals surface area contributed by atoms with Crippen molar-refractivity contribution in [2.24, 2.45) is 7.05 Å². The maximum absolute atomic E-state index is 10.5. The predicted octanol–water partition coefficient (Wildman–Crippen LogP) is 3.17. The van der Waals surface area contributed by atoms with Crippen LogP contribution in [0.5, 0.6) is 0 Å². The van der Waals surface area contributed by atoms with E-state index >= 15 is 0 Å². The van der Waals surface area contributed by atoms with Gasteiger partial charge in [-0.05, 0) is 23.9 Å². The zero-order valence-electron chi connectivity index (χ0n) is 11.6.